The summed E-state index contributed by atoms with van der Waals surface area (Å²) in [7, 11) is -3.68. The van der Waals surface area contributed by atoms with Gasteiger partial charge in [0, 0.05) is 0 Å². The number of aryl methyl sites for hydroxylation is 1. The van der Waals surface area contributed by atoms with Crippen molar-refractivity contribution in [2.24, 2.45) is 0 Å². The van der Waals surface area contributed by atoms with E-state index < -0.39 is 10.0 Å². The molecule has 0 saturated heterocycles. The van der Waals surface area contributed by atoms with Crippen molar-refractivity contribution in [2.75, 3.05) is 11.3 Å². The molecule has 0 radical (unpaired) electrons. The molecule has 2 N–H and O–H groups in total. The molecule has 0 bridgehead atoms. The van der Waals surface area contributed by atoms with E-state index in [0.29, 0.717) is 6.61 Å². The molecule has 0 aliphatic heterocycles. The van der Waals surface area contributed by atoms with Crippen molar-refractivity contribution in [3.8, 4) is 6.01 Å². The summed E-state index contributed by atoms with van der Waals surface area (Å²) in [5.74, 6) is 0.0213. The minimum Gasteiger partial charge on any atom is -0.463 e. The fourth-order valence-electron chi connectivity index (χ4n) is 1.58. The molecule has 0 atom stereocenters. The van der Waals surface area contributed by atoms with Crippen LogP contribution in [0.5, 0.6) is 6.01 Å². The molecule has 7 nitrogen and oxygen atoms in total. The van der Waals surface area contributed by atoms with Crippen molar-refractivity contribution in [1.82, 2.24) is 15.2 Å². The monoisotopic (exact) mass is 296 g/mol. The highest BCUT2D eigenvalue weighted by Gasteiger charge is 2.16. The average molecular weight is 296 g/mol. The van der Waals surface area contributed by atoms with Crippen molar-refractivity contribution in [2.45, 2.75) is 25.2 Å². The van der Waals surface area contributed by atoms with Crippen LogP contribution in [0.25, 0.3) is 0 Å². The predicted octanol–water partition coefficient (Wildman–Crippen LogP) is 1.57. The van der Waals surface area contributed by atoms with Crippen LogP contribution in [-0.4, -0.2) is 30.2 Å². The van der Waals surface area contributed by atoms with E-state index >= 15 is 0 Å². The van der Waals surface area contributed by atoms with Crippen molar-refractivity contribution in [1.29, 1.82) is 0 Å². The van der Waals surface area contributed by atoms with E-state index in [0.717, 1.165) is 12.0 Å². The highest BCUT2D eigenvalue weighted by atomic mass is 32.2. The number of aromatic nitrogens is 3. The van der Waals surface area contributed by atoms with E-state index in [4.69, 9.17) is 4.74 Å². The summed E-state index contributed by atoms with van der Waals surface area (Å²) in [5.41, 5.74) is 1.07. The number of anilines is 1. The second-order valence-electron chi connectivity index (χ2n) is 4.00. The molecule has 108 valence electrons. The van der Waals surface area contributed by atoms with Crippen molar-refractivity contribution < 1.29 is 13.2 Å². The Balaban J connectivity index is 2.16. The fourth-order valence-corrected chi connectivity index (χ4v) is 2.53. The molecular weight excluding hydrogens is 280 g/mol. The maximum absolute atomic E-state index is 12.1. The first-order valence-corrected chi connectivity index (χ1v) is 7.70. The van der Waals surface area contributed by atoms with Gasteiger partial charge >= 0.3 is 6.01 Å². The summed E-state index contributed by atoms with van der Waals surface area (Å²) in [6.07, 6.45) is 0.855. The summed E-state index contributed by atoms with van der Waals surface area (Å²) < 4.78 is 31.6. The number of hydrogen-bond acceptors (Lipinski definition) is 5. The standard InChI is InChI=1S/C12H16N4O3S/c1-3-9-5-7-10(8-6-9)20(17,18)16-11-13-12(15-14-11)19-4-2/h5-8H,3-4H2,1-2H3,(H2,13,14,15,16). The second kappa shape index (κ2) is 5.91. The summed E-state index contributed by atoms with van der Waals surface area (Å²) in [6.45, 7) is 4.20. The fraction of sp³-hybridized carbons (Fsp3) is 0.333. The summed E-state index contributed by atoms with van der Waals surface area (Å²) in [4.78, 5) is 4.04. The molecule has 0 amide bonds. The van der Waals surface area contributed by atoms with Crippen LogP contribution >= 0.6 is 0 Å². The first-order chi connectivity index (χ1) is 9.55. The lowest BCUT2D eigenvalue weighted by Gasteiger charge is -2.05. The van der Waals surface area contributed by atoms with Crippen LogP contribution in [0, 0.1) is 0 Å². The second-order valence-corrected chi connectivity index (χ2v) is 5.69. The zero-order valence-corrected chi connectivity index (χ0v) is 12.1. The first-order valence-electron chi connectivity index (χ1n) is 6.22. The van der Waals surface area contributed by atoms with Gasteiger partial charge in [0.15, 0.2) is 0 Å². The van der Waals surface area contributed by atoms with Gasteiger partial charge in [0.2, 0.25) is 5.95 Å². The maximum Gasteiger partial charge on any atom is 0.337 e. The minimum atomic E-state index is -3.68. The van der Waals surface area contributed by atoms with Crippen molar-refractivity contribution >= 4 is 16.0 Å². The Labute approximate surface area is 117 Å². The summed E-state index contributed by atoms with van der Waals surface area (Å²) in [5, 5.41) is 6.19. The number of aromatic amines is 1. The molecule has 1 aromatic heterocycles. The number of benzene rings is 1. The smallest absolute Gasteiger partial charge is 0.337 e. The molecule has 2 rings (SSSR count). The van der Waals surface area contributed by atoms with Gasteiger partial charge in [-0.15, -0.1) is 5.10 Å². The molecule has 8 heteroatoms. The van der Waals surface area contributed by atoms with Crippen LogP contribution in [0.1, 0.15) is 19.4 Å². The molecule has 1 aromatic carbocycles. The molecule has 0 spiro atoms. The highest BCUT2D eigenvalue weighted by molar-refractivity contribution is 7.92. The molecule has 0 unspecified atom stereocenters. The molecule has 0 saturated carbocycles. The summed E-state index contributed by atoms with van der Waals surface area (Å²) in [6, 6.07) is 6.77. The highest BCUT2D eigenvalue weighted by Crippen LogP contribution is 2.15. The quantitative estimate of drug-likeness (QED) is 0.843. The number of sulfonamides is 1. The van der Waals surface area contributed by atoms with Crippen LogP contribution in [0.3, 0.4) is 0 Å². The van der Waals surface area contributed by atoms with Gasteiger partial charge in [-0.2, -0.15) is 4.98 Å². The SMILES string of the molecule is CCOc1n[nH]c(NS(=O)(=O)c2ccc(CC)cc2)n1. The normalized spacial score (nSPS) is 11.3. The van der Waals surface area contributed by atoms with Crippen LogP contribution in [0.2, 0.25) is 0 Å². The van der Waals surface area contributed by atoms with E-state index in [9.17, 15) is 8.42 Å². The zero-order valence-electron chi connectivity index (χ0n) is 11.3. The van der Waals surface area contributed by atoms with Gasteiger partial charge in [0.05, 0.1) is 11.5 Å². The van der Waals surface area contributed by atoms with Crippen molar-refractivity contribution in [3.05, 3.63) is 29.8 Å². The van der Waals surface area contributed by atoms with E-state index in [1.165, 1.54) is 0 Å². The first kappa shape index (κ1) is 14.3. The van der Waals surface area contributed by atoms with Gasteiger partial charge in [0.1, 0.15) is 0 Å². The molecule has 0 fully saturated rings. The minimum absolute atomic E-state index is 0.0213. The van der Waals surface area contributed by atoms with E-state index in [2.05, 4.69) is 19.9 Å². The Hall–Kier alpha value is -2.09. The van der Waals surface area contributed by atoms with Crippen molar-refractivity contribution in [3.63, 3.8) is 0 Å². The van der Waals surface area contributed by atoms with E-state index in [-0.39, 0.29) is 16.9 Å². The molecule has 20 heavy (non-hydrogen) atoms. The number of nitrogens with one attached hydrogen (secondary N) is 2. The lowest BCUT2D eigenvalue weighted by Crippen LogP contribution is -2.14. The van der Waals surface area contributed by atoms with Crippen LogP contribution < -0.4 is 9.46 Å². The van der Waals surface area contributed by atoms with E-state index in [1.807, 2.05) is 6.92 Å². The maximum atomic E-state index is 12.1. The Morgan fingerprint density at radius 3 is 2.55 bits per heavy atom. The summed E-state index contributed by atoms with van der Waals surface area (Å²) >= 11 is 0. The molecule has 2 aromatic rings. The largest absolute Gasteiger partial charge is 0.463 e. The number of nitrogens with zero attached hydrogens (tertiary/aromatic N) is 2. The average Bonchev–Trinajstić information content (AvgIpc) is 2.86. The number of rotatable bonds is 6. The van der Waals surface area contributed by atoms with Crippen LogP contribution in [-0.2, 0) is 16.4 Å². The van der Waals surface area contributed by atoms with Crippen LogP contribution in [0.4, 0.5) is 5.95 Å². The van der Waals surface area contributed by atoms with Gasteiger partial charge in [-0.1, -0.05) is 19.1 Å². The predicted molar refractivity (Wildman–Crippen MR) is 74.2 cm³/mol. The third-order valence-corrected chi connectivity index (χ3v) is 3.97. The lowest BCUT2D eigenvalue weighted by molar-refractivity contribution is 0.314. The molecule has 0 aliphatic carbocycles. The van der Waals surface area contributed by atoms with Gasteiger partial charge < -0.3 is 4.74 Å². The Morgan fingerprint density at radius 2 is 1.95 bits per heavy atom. The Kier molecular flexibility index (Phi) is 4.23. The molecular formula is C12H16N4O3S. The number of hydrogen-bond donors (Lipinski definition) is 2. The number of H-pyrrole nitrogens is 1. The van der Waals surface area contributed by atoms with Crippen LogP contribution in [0.15, 0.2) is 29.2 Å². The molecule has 0 aliphatic rings. The third-order valence-electron chi connectivity index (χ3n) is 2.61. The lowest BCUT2D eigenvalue weighted by atomic mass is 10.2. The zero-order chi connectivity index (χ0) is 14.6. The third kappa shape index (κ3) is 3.27. The van der Waals surface area contributed by atoms with Gasteiger partial charge in [-0.05, 0) is 31.0 Å². The topological polar surface area (TPSA) is 97.0 Å². The van der Waals surface area contributed by atoms with Gasteiger partial charge in [-0.25, -0.2) is 18.2 Å². The molecule has 1 heterocycles. The number of ether oxygens (including phenoxy) is 1. The van der Waals surface area contributed by atoms with E-state index in [1.54, 1.807) is 31.2 Å². The Morgan fingerprint density at radius 1 is 1.25 bits per heavy atom. The van der Waals surface area contributed by atoms with Gasteiger partial charge in [0.25, 0.3) is 10.0 Å². The van der Waals surface area contributed by atoms with Gasteiger partial charge in [-0.3, -0.25) is 0 Å². The Bertz CT molecular complexity index is 664.